The number of hydrogen-bond donors (Lipinski definition) is 2. The molecule has 28 heavy (non-hydrogen) atoms. The normalized spacial score (nSPS) is 17.3. The second-order valence-electron chi connectivity index (χ2n) is 8.29. The van der Waals surface area contributed by atoms with E-state index in [4.69, 9.17) is 0 Å². The number of benzene rings is 1. The fourth-order valence-corrected chi connectivity index (χ4v) is 3.35. The zero-order valence-corrected chi connectivity index (χ0v) is 17.2. The fraction of sp³-hybridized carbons (Fsp3) is 0.524. The van der Waals surface area contributed by atoms with Crippen LogP contribution in [0.3, 0.4) is 0 Å². The summed E-state index contributed by atoms with van der Waals surface area (Å²) in [6.45, 7) is 10.0. The Morgan fingerprint density at radius 3 is 2.68 bits per heavy atom. The lowest BCUT2D eigenvalue weighted by Crippen LogP contribution is -2.45. The molecule has 1 aliphatic rings. The third kappa shape index (κ3) is 5.18. The van der Waals surface area contributed by atoms with Crippen LogP contribution in [0, 0.1) is 0 Å². The van der Waals surface area contributed by atoms with Gasteiger partial charge in [-0.3, -0.25) is 4.79 Å². The van der Waals surface area contributed by atoms with E-state index in [2.05, 4.69) is 58.7 Å². The van der Waals surface area contributed by atoms with E-state index in [0.29, 0.717) is 24.7 Å². The topological polar surface area (TPSA) is 83.0 Å². The molecule has 0 unspecified atom stereocenters. The van der Waals surface area contributed by atoms with Gasteiger partial charge in [0.2, 0.25) is 11.9 Å². The minimum atomic E-state index is 0.124. The second-order valence-corrected chi connectivity index (χ2v) is 8.29. The highest BCUT2D eigenvalue weighted by molar-refractivity contribution is 5.76. The van der Waals surface area contributed by atoms with E-state index in [1.54, 1.807) is 6.20 Å². The lowest BCUT2D eigenvalue weighted by molar-refractivity contribution is -0.131. The molecule has 2 aromatic rings. The molecule has 1 aliphatic heterocycles. The van der Waals surface area contributed by atoms with E-state index < -0.39 is 0 Å². The number of carbonyl (C=O) groups excluding carboxylic acids is 1. The number of piperidine rings is 1. The third-order valence-electron chi connectivity index (χ3n) is 4.99. The van der Waals surface area contributed by atoms with Gasteiger partial charge >= 0.3 is 0 Å². The standard InChI is InChI=1S/C21H30N6O/c1-5-19(28)27-12-6-7-17(14-27)24-20-25-18(13-22-26-20)23-16-10-8-15(9-11-16)21(2,3)4/h8-11,13,17H,5-7,12,14H2,1-4H3,(H2,23,24,25,26)/t17-/m1/s1. The molecule has 0 saturated carbocycles. The Labute approximate surface area is 167 Å². The maximum atomic E-state index is 12.0. The first-order valence-electron chi connectivity index (χ1n) is 9.97. The van der Waals surface area contributed by atoms with E-state index in [9.17, 15) is 4.79 Å². The molecule has 1 aromatic heterocycles. The molecule has 0 spiro atoms. The second kappa shape index (κ2) is 8.54. The van der Waals surface area contributed by atoms with Gasteiger partial charge in [0.25, 0.3) is 0 Å². The van der Waals surface area contributed by atoms with E-state index in [1.165, 1.54) is 5.56 Å². The van der Waals surface area contributed by atoms with Crippen LogP contribution < -0.4 is 10.6 Å². The molecule has 1 amide bonds. The van der Waals surface area contributed by atoms with E-state index in [-0.39, 0.29) is 17.4 Å². The Bertz CT molecular complexity index is 799. The summed E-state index contributed by atoms with van der Waals surface area (Å²) >= 11 is 0. The molecule has 0 radical (unpaired) electrons. The first kappa shape index (κ1) is 20.0. The lowest BCUT2D eigenvalue weighted by atomic mass is 9.87. The van der Waals surface area contributed by atoms with Crippen molar-refractivity contribution in [2.24, 2.45) is 0 Å². The largest absolute Gasteiger partial charge is 0.348 e. The summed E-state index contributed by atoms with van der Waals surface area (Å²) in [6.07, 6.45) is 4.12. The summed E-state index contributed by atoms with van der Waals surface area (Å²) in [5.74, 6) is 1.31. The maximum Gasteiger partial charge on any atom is 0.244 e. The molecule has 1 atom stereocenters. The highest BCUT2D eigenvalue weighted by Crippen LogP contribution is 2.24. The quantitative estimate of drug-likeness (QED) is 0.820. The number of nitrogens with zero attached hydrogens (tertiary/aromatic N) is 4. The van der Waals surface area contributed by atoms with Crippen LogP contribution in [-0.4, -0.2) is 45.1 Å². The van der Waals surface area contributed by atoms with Crippen molar-refractivity contribution in [3.05, 3.63) is 36.0 Å². The summed E-state index contributed by atoms with van der Waals surface area (Å²) in [6, 6.07) is 8.48. The number of aromatic nitrogens is 3. The first-order valence-corrected chi connectivity index (χ1v) is 9.97. The summed E-state index contributed by atoms with van der Waals surface area (Å²) in [5, 5.41) is 14.8. The number of anilines is 3. The first-order chi connectivity index (χ1) is 13.3. The minimum Gasteiger partial charge on any atom is -0.348 e. The zero-order chi connectivity index (χ0) is 20.1. The highest BCUT2D eigenvalue weighted by atomic mass is 16.2. The summed E-state index contributed by atoms with van der Waals surface area (Å²) < 4.78 is 0. The number of hydrogen-bond acceptors (Lipinski definition) is 6. The predicted molar refractivity (Wildman–Crippen MR) is 112 cm³/mol. The maximum absolute atomic E-state index is 12.0. The van der Waals surface area contributed by atoms with Crippen LogP contribution in [0.4, 0.5) is 17.5 Å². The molecule has 2 N–H and O–H groups in total. The summed E-state index contributed by atoms with van der Waals surface area (Å²) in [4.78, 5) is 18.4. The van der Waals surface area contributed by atoms with E-state index in [0.717, 1.165) is 25.1 Å². The van der Waals surface area contributed by atoms with Gasteiger partial charge in [-0.1, -0.05) is 39.8 Å². The molecule has 1 aromatic carbocycles. The van der Waals surface area contributed by atoms with Gasteiger partial charge < -0.3 is 15.5 Å². The van der Waals surface area contributed by atoms with Crippen LogP contribution in [0.5, 0.6) is 0 Å². The fourth-order valence-electron chi connectivity index (χ4n) is 3.35. The van der Waals surface area contributed by atoms with Crippen molar-refractivity contribution in [1.82, 2.24) is 20.1 Å². The number of carbonyl (C=O) groups is 1. The average Bonchev–Trinajstić information content (AvgIpc) is 2.67. The monoisotopic (exact) mass is 382 g/mol. The SMILES string of the molecule is CCC(=O)N1CCC[C@@H](Nc2nncc(Nc3ccc(C(C)(C)C)cc3)n2)C1. The molecule has 1 fully saturated rings. The number of likely N-dealkylation sites (tertiary alicyclic amines) is 1. The lowest BCUT2D eigenvalue weighted by Gasteiger charge is -2.33. The van der Waals surface area contributed by atoms with Crippen molar-refractivity contribution in [2.45, 2.75) is 58.4 Å². The Balaban J connectivity index is 1.63. The summed E-state index contributed by atoms with van der Waals surface area (Å²) in [5.41, 5.74) is 2.36. The van der Waals surface area contributed by atoms with Crippen LogP contribution in [0.25, 0.3) is 0 Å². The zero-order valence-electron chi connectivity index (χ0n) is 17.2. The molecular formula is C21H30N6O. The Morgan fingerprint density at radius 2 is 2.00 bits per heavy atom. The van der Waals surface area contributed by atoms with Crippen LogP contribution in [0.15, 0.2) is 30.5 Å². The van der Waals surface area contributed by atoms with Gasteiger partial charge in [0, 0.05) is 31.2 Å². The third-order valence-corrected chi connectivity index (χ3v) is 4.99. The molecule has 3 rings (SSSR count). The van der Waals surface area contributed by atoms with Crippen molar-refractivity contribution in [3.63, 3.8) is 0 Å². The highest BCUT2D eigenvalue weighted by Gasteiger charge is 2.23. The average molecular weight is 383 g/mol. The van der Waals surface area contributed by atoms with Crippen LogP contribution in [0.1, 0.15) is 52.5 Å². The summed E-state index contributed by atoms with van der Waals surface area (Å²) in [7, 11) is 0. The van der Waals surface area contributed by atoms with Crippen molar-refractivity contribution < 1.29 is 4.79 Å². The number of nitrogens with one attached hydrogen (secondary N) is 2. The van der Waals surface area contributed by atoms with Gasteiger partial charge in [-0.15, -0.1) is 5.10 Å². The Hall–Kier alpha value is -2.70. The van der Waals surface area contributed by atoms with Crippen LogP contribution >= 0.6 is 0 Å². The van der Waals surface area contributed by atoms with Gasteiger partial charge in [0.15, 0.2) is 5.82 Å². The van der Waals surface area contributed by atoms with E-state index >= 15 is 0 Å². The molecular weight excluding hydrogens is 352 g/mol. The van der Waals surface area contributed by atoms with Gasteiger partial charge in [-0.2, -0.15) is 10.1 Å². The molecule has 2 heterocycles. The molecule has 0 aliphatic carbocycles. The van der Waals surface area contributed by atoms with Gasteiger partial charge in [0.1, 0.15) is 0 Å². The molecule has 1 saturated heterocycles. The molecule has 0 bridgehead atoms. The van der Waals surface area contributed by atoms with Crippen molar-refractivity contribution in [1.29, 1.82) is 0 Å². The van der Waals surface area contributed by atoms with Crippen molar-refractivity contribution in [2.75, 3.05) is 23.7 Å². The Kier molecular flexibility index (Phi) is 6.11. The van der Waals surface area contributed by atoms with E-state index in [1.807, 2.05) is 24.0 Å². The molecule has 7 heteroatoms. The smallest absolute Gasteiger partial charge is 0.244 e. The number of rotatable bonds is 5. The van der Waals surface area contributed by atoms with Crippen molar-refractivity contribution >= 4 is 23.4 Å². The van der Waals surface area contributed by atoms with Gasteiger partial charge in [-0.25, -0.2) is 0 Å². The number of amides is 1. The van der Waals surface area contributed by atoms with Gasteiger partial charge in [-0.05, 0) is 36.0 Å². The predicted octanol–water partition coefficient (Wildman–Crippen LogP) is 3.73. The molecule has 150 valence electrons. The minimum absolute atomic E-state index is 0.124. The molecule has 7 nitrogen and oxygen atoms in total. The van der Waals surface area contributed by atoms with Crippen LogP contribution in [-0.2, 0) is 10.2 Å². The Morgan fingerprint density at radius 1 is 1.25 bits per heavy atom. The van der Waals surface area contributed by atoms with Gasteiger partial charge in [0.05, 0.1) is 6.20 Å². The van der Waals surface area contributed by atoms with Crippen molar-refractivity contribution in [3.8, 4) is 0 Å². The van der Waals surface area contributed by atoms with Crippen LogP contribution in [0.2, 0.25) is 0 Å².